The Morgan fingerprint density at radius 2 is 1.82 bits per heavy atom. The predicted molar refractivity (Wildman–Crippen MR) is 66.4 cm³/mol. The third-order valence-corrected chi connectivity index (χ3v) is 3.90. The average molecular weight is 231 g/mol. The predicted octanol–water partition coefficient (Wildman–Crippen LogP) is 2.47. The van der Waals surface area contributed by atoms with E-state index in [1.54, 1.807) is 0 Å². The van der Waals surface area contributed by atoms with Gasteiger partial charge < -0.3 is 10.0 Å². The molecule has 0 bridgehead atoms. The molecular weight excluding hydrogens is 214 g/mol. The minimum absolute atomic E-state index is 0.146. The van der Waals surface area contributed by atoms with Crippen LogP contribution in [0.5, 0.6) is 0 Å². The number of benzene rings is 1. The molecule has 2 atom stereocenters. The second-order valence-corrected chi connectivity index (χ2v) is 5.07. The molecule has 3 heteroatoms. The fourth-order valence-electron chi connectivity index (χ4n) is 2.74. The third-order valence-electron chi connectivity index (χ3n) is 3.90. The lowest BCUT2D eigenvalue weighted by Crippen LogP contribution is -2.17. The number of anilines is 1. The number of carbonyl (C=O) groups is 1. The van der Waals surface area contributed by atoms with Crippen LogP contribution in [0.4, 0.5) is 5.69 Å². The molecule has 0 amide bonds. The van der Waals surface area contributed by atoms with E-state index >= 15 is 0 Å². The third kappa shape index (κ3) is 2.02. The molecule has 2 fully saturated rings. The van der Waals surface area contributed by atoms with Crippen LogP contribution in [-0.2, 0) is 4.79 Å². The Hall–Kier alpha value is -1.51. The Kier molecular flexibility index (Phi) is 2.54. The second-order valence-electron chi connectivity index (χ2n) is 5.07. The number of aliphatic carboxylic acids is 1. The van der Waals surface area contributed by atoms with Gasteiger partial charge in [0, 0.05) is 18.8 Å². The van der Waals surface area contributed by atoms with Crippen molar-refractivity contribution in [3.8, 4) is 0 Å². The van der Waals surface area contributed by atoms with Gasteiger partial charge in [0.25, 0.3) is 0 Å². The molecule has 1 aliphatic heterocycles. The maximum absolute atomic E-state index is 10.8. The average Bonchev–Trinajstić information content (AvgIpc) is 2.97. The van der Waals surface area contributed by atoms with Crippen LogP contribution in [0.15, 0.2) is 24.3 Å². The highest BCUT2D eigenvalue weighted by Crippen LogP contribution is 2.47. The number of carboxylic acids is 1. The van der Waals surface area contributed by atoms with Gasteiger partial charge in [-0.1, -0.05) is 12.1 Å². The van der Waals surface area contributed by atoms with Crippen molar-refractivity contribution in [2.24, 2.45) is 5.92 Å². The smallest absolute Gasteiger partial charge is 0.307 e. The minimum atomic E-state index is -0.654. The van der Waals surface area contributed by atoms with Gasteiger partial charge in [-0.2, -0.15) is 0 Å². The van der Waals surface area contributed by atoms with E-state index in [2.05, 4.69) is 29.2 Å². The highest BCUT2D eigenvalue weighted by atomic mass is 16.4. The summed E-state index contributed by atoms with van der Waals surface area (Å²) >= 11 is 0. The van der Waals surface area contributed by atoms with E-state index < -0.39 is 5.97 Å². The standard InChI is InChI=1S/C14H17NO2/c16-14(17)13-9-12(13)10-3-5-11(6-4-10)15-7-1-2-8-15/h3-6,12-13H,1-2,7-9H2,(H,16,17)/t12-,13+/m0/s1. The molecule has 0 radical (unpaired) electrons. The van der Waals surface area contributed by atoms with E-state index in [0.29, 0.717) is 0 Å². The number of rotatable bonds is 3. The Bertz CT molecular complexity index is 420. The van der Waals surface area contributed by atoms with E-state index in [0.717, 1.165) is 19.5 Å². The van der Waals surface area contributed by atoms with E-state index in [4.69, 9.17) is 5.11 Å². The topological polar surface area (TPSA) is 40.5 Å². The SMILES string of the molecule is O=C(O)[C@@H]1C[C@H]1c1ccc(N2CCCC2)cc1. The highest BCUT2D eigenvalue weighted by Gasteiger charge is 2.44. The van der Waals surface area contributed by atoms with E-state index in [9.17, 15) is 4.79 Å². The zero-order chi connectivity index (χ0) is 11.8. The molecule has 1 aliphatic carbocycles. The maximum Gasteiger partial charge on any atom is 0.307 e. The number of hydrogen-bond donors (Lipinski definition) is 1. The lowest BCUT2D eigenvalue weighted by molar-refractivity contribution is -0.138. The Labute approximate surface area is 101 Å². The molecule has 1 saturated heterocycles. The lowest BCUT2D eigenvalue weighted by Gasteiger charge is -2.17. The van der Waals surface area contributed by atoms with Gasteiger partial charge in [-0.05, 0) is 42.9 Å². The van der Waals surface area contributed by atoms with Crippen molar-refractivity contribution >= 4 is 11.7 Å². The first-order chi connectivity index (χ1) is 8.25. The molecule has 2 aliphatic rings. The van der Waals surface area contributed by atoms with Gasteiger partial charge >= 0.3 is 5.97 Å². The van der Waals surface area contributed by atoms with Gasteiger partial charge in [0.1, 0.15) is 0 Å². The van der Waals surface area contributed by atoms with Crippen molar-refractivity contribution in [2.75, 3.05) is 18.0 Å². The molecule has 1 aromatic rings. The van der Waals surface area contributed by atoms with E-state index in [1.165, 1.54) is 24.1 Å². The van der Waals surface area contributed by atoms with E-state index in [-0.39, 0.29) is 11.8 Å². The normalized spacial score (nSPS) is 27.2. The molecule has 3 rings (SSSR count). The Morgan fingerprint density at radius 1 is 1.18 bits per heavy atom. The van der Waals surface area contributed by atoms with E-state index in [1.807, 2.05) is 0 Å². The van der Waals surface area contributed by atoms with Gasteiger partial charge in [0.05, 0.1) is 5.92 Å². The molecule has 90 valence electrons. The van der Waals surface area contributed by atoms with Gasteiger partial charge in [-0.3, -0.25) is 4.79 Å². The van der Waals surface area contributed by atoms with Crippen molar-refractivity contribution in [1.82, 2.24) is 0 Å². The molecule has 0 aromatic heterocycles. The summed E-state index contributed by atoms with van der Waals surface area (Å²) < 4.78 is 0. The van der Waals surface area contributed by atoms with Crippen molar-refractivity contribution < 1.29 is 9.90 Å². The summed E-state index contributed by atoms with van der Waals surface area (Å²) in [5.41, 5.74) is 2.46. The van der Waals surface area contributed by atoms with Crippen LogP contribution in [0, 0.1) is 5.92 Å². The fraction of sp³-hybridized carbons (Fsp3) is 0.500. The summed E-state index contributed by atoms with van der Waals surface area (Å²) in [6.07, 6.45) is 3.37. The molecule has 3 nitrogen and oxygen atoms in total. The van der Waals surface area contributed by atoms with Gasteiger partial charge in [0.15, 0.2) is 0 Å². The van der Waals surface area contributed by atoms with Crippen LogP contribution in [0.2, 0.25) is 0 Å². The number of hydrogen-bond acceptors (Lipinski definition) is 2. The van der Waals surface area contributed by atoms with Crippen LogP contribution >= 0.6 is 0 Å². The highest BCUT2D eigenvalue weighted by molar-refractivity contribution is 5.75. The van der Waals surface area contributed by atoms with Crippen LogP contribution < -0.4 is 4.90 Å². The number of nitrogens with zero attached hydrogens (tertiary/aromatic N) is 1. The Balaban J connectivity index is 1.70. The molecule has 1 heterocycles. The quantitative estimate of drug-likeness (QED) is 0.868. The number of carboxylic acid groups (broad SMARTS) is 1. The fourth-order valence-corrected chi connectivity index (χ4v) is 2.74. The molecule has 1 aromatic carbocycles. The Morgan fingerprint density at radius 3 is 2.35 bits per heavy atom. The maximum atomic E-state index is 10.8. The molecule has 1 saturated carbocycles. The molecule has 0 spiro atoms. The van der Waals surface area contributed by atoms with Crippen LogP contribution in [0.1, 0.15) is 30.7 Å². The van der Waals surface area contributed by atoms with Gasteiger partial charge in [-0.15, -0.1) is 0 Å². The summed E-state index contributed by atoms with van der Waals surface area (Å²) in [5.74, 6) is -0.550. The summed E-state index contributed by atoms with van der Waals surface area (Å²) in [5, 5.41) is 8.90. The minimum Gasteiger partial charge on any atom is -0.481 e. The van der Waals surface area contributed by atoms with Crippen LogP contribution in [-0.4, -0.2) is 24.2 Å². The van der Waals surface area contributed by atoms with Crippen LogP contribution in [0.3, 0.4) is 0 Å². The second kappa shape index (κ2) is 4.06. The zero-order valence-electron chi connectivity index (χ0n) is 9.80. The summed E-state index contributed by atoms with van der Waals surface area (Å²) in [4.78, 5) is 13.2. The monoisotopic (exact) mass is 231 g/mol. The first kappa shape index (κ1) is 10.6. The molecule has 0 unspecified atom stereocenters. The largest absolute Gasteiger partial charge is 0.481 e. The molecule has 17 heavy (non-hydrogen) atoms. The summed E-state index contributed by atoms with van der Waals surface area (Å²) in [6.45, 7) is 2.31. The van der Waals surface area contributed by atoms with Crippen molar-refractivity contribution in [3.63, 3.8) is 0 Å². The van der Waals surface area contributed by atoms with Crippen LogP contribution in [0.25, 0.3) is 0 Å². The first-order valence-corrected chi connectivity index (χ1v) is 6.33. The summed E-state index contributed by atoms with van der Waals surface area (Å²) in [7, 11) is 0. The summed E-state index contributed by atoms with van der Waals surface area (Å²) in [6, 6.07) is 8.47. The van der Waals surface area contributed by atoms with Crippen molar-refractivity contribution in [3.05, 3.63) is 29.8 Å². The molecule has 1 N–H and O–H groups in total. The molecular formula is C14H17NO2. The zero-order valence-corrected chi connectivity index (χ0v) is 9.80. The van der Waals surface area contributed by atoms with Crippen molar-refractivity contribution in [2.45, 2.75) is 25.2 Å². The van der Waals surface area contributed by atoms with Crippen molar-refractivity contribution in [1.29, 1.82) is 0 Å². The first-order valence-electron chi connectivity index (χ1n) is 6.33. The van der Waals surface area contributed by atoms with Gasteiger partial charge in [0.2, 0.25) is 0 Å². The lowest BCUT2D eigenvalue weighted by atomic mass is 10.1. The van der Waals surface area contributed by atoms with Gasteiger partial charge in [-0.25, -0.2) is 0 Å².